The molecule has 0 fully saturated rings. The number of hydrogen-bond acceptors (Lipinski definition) is 4. The molecule has 0 saturated carbocycles. The fourth-order valence-corrected chi connectivity index (χ4v) is 5.55. The zero-order valence-electron chi connectivity index (χ0n) is 17.9. The van der Waals surface area contributed by atoms with E-state index >= 15 is 0 Å². The van der Waals surface area contributed by atoms with Crippen molar-refractivity contribution in [2.75, 3.05) is 0 Å². The predicted molar refractivity (Wildman–Crippen MR) is 138 cm³/mol. The van der Waals surface area contributed by atoms with Crippen molar-refractivity contribution in [2.24, 2.45) is 0 Å². The van der Waals surface area contributed by atoms with Crippen LogP contribution in [0.3, 0.4) is 0 Å². The van der Waals surface area contributed by atoms with Crippen LogP contribution in [0.25, 0.3) is 33.5 Å². The summed E-state index contributed by atoms with van der Waals surface area (Å²) in [5, 5.41) is 12.3. The molecule has 5 aromatic rings. The minimum atomic E-state index is 0.614. The van der Waals surface area contributed by atoms with E-state index in [1.54, 1.807) is 11.8 Å². The largest absolute Gasteiger partial charge is 0.302 e. The minimum absolute atomic E-state index is 0.614. The van der Waals surface area contributed by atoms with Gasteiger partial charge in [-0.2, -0.15) is 0 Å². The van der Waals surface area contributed by atoms with Gasteiger partial charge in [0.15, 0.2) is 11.0 Å². The highest BCUT2D eigenvalue weighted by molar-refractivity contribution is 7.98. The van der Waals surface area contributed by atoms with Crippen LogP contribution in [0.5, 0.6) is 0 Å². The monoisotopic (exact) mass is 490 g/mol. The highest BCUT2D eigenvalue weighted by atomic mass is 35.5. The minimum Gasteiger partial charge on any atom is -0.302 e. The average Bonchev–Trinajstić information content (AvgIpc) is 3.26. The van der Waals surface area contributed by atoms with Crippen molar-refractivity contribution >= 4 is 45.9 Å². The first-order chi connectivity index (χ1) is 16.2. The van der Waals surface area contributed by atoms with Crippen molar-refractivity contribution in [1.29, 1.82) is 0 Å². The first kappa shape index (κ1) is 22.0. The van der Waals surface area contributed by atoms with E-state index in [9.17, 15) is 0 Å². The van der Waals surface area contributed by atoms with Gasteiger partial charge in [-0.15, -0.1) is 10.2 Å². The maximum absolute atomic E-state index is 6.36. The normalized spacial score (nSPS) is 11.2. The van der Waals surface area contributed by atoms with Gasteiger partial charge in [0.05, 0.1) is 11.2 Å². The molecule has 3 aromatic carbocycles. The molecule has 0 N–H and O–H groups in total. The first-order valence-corrected chi connectivity index (χ1v) is 12.3. The molecule has 5 rings (SSSR count). The van der Waals surface area contributed by atoms with Crippen molar-refractivity contribution in [3.8, 4) is 22.6 Å². The summed E-state index contributed by atoms with van der Waals surface area (Å²) in [5.74, 6) is 1.43. The van der Waals surface area contributed by atoms with Crippen LogP contribution in [-0.4, -0.2) is 19.7 Å². The average molecular weight is 491 g/mol. The van der Waals surface area contributed by atoms with Crippen LogP contribution in [0.1, 0.15) is 12.5 Å². The predicted octanol–water partition coefficient (Wildman–Crippen LogP) is 7.78. The lowest BCUT2D eigenvalue weighted by Gasteiger charge is -2.12. The van der Waals surface area contributed by atoms with E-state index in [-0.39, 0.29) is 0 Å². The van der Waals surface area contributed by atoms with Crippen LogP contribution in [0.2, 0.25) is 10.0 Å². The van der Waals surface area contributed by atoms with E-state index in [2.05, 4.69) is 46.0 Å². The Hall–Kier alpha value is -2.86. The number of hydrogen-bond donors (Lipinski definition) is 0. The van der Waals surface area contributed by atoms with Crippen LogP contribution < -0.4 is 0 Å². The standard InChI is InChI=1S/C26H20Cl2N4S/c1-2-32-25(30-31-26(32)33-16-20-21(27)12-8-13-22(20)28)19-15-24(17-9-4-3-5-10-17)29-23-14-7-6-11-18(19)23/h3-15H,2,16H2,1H3. The molecule has 0 unspecified atom stereocenters. The van der Waals surface area contributed by atoms with Gasteiger partial charge in [0.1, 0.15) is 0 Å². The lowest BCUT2D eigenvalue weighted by atomic mass is 10.0. The Bertz CT molecular complexity index is 1410. The molecule has 4 nitrogen and oxygen atoms in total. The van der Waals surface area contributed by atoms with Crippen molar-refractivity contribution < 1.29 is 0 Å². The van der Waals surface area contributed by atoms with E-state index in [0.29, 0.717) is 15.8 Å². The Morgan fingerprint density at radius 1 is 0.848 bits per heavy atom. The molecule has 0 atom stereocenters. The van der Waals surface area contributed by atoms with Crippen LogP contribution in [0.4, 0.5) is 0 Å². The lowest BCUT2D eigenvalue weighted by molar-refractivity contribution is 0.687. The highest BCUT2D eigenvalue weighted by Crippen LogP contribution is 2.35. The van der Waals surface area contributed by atoms with Gasteiger partial charge in [0, 0.05) is 38.9 Å². The van der Waals surface area contributed by atoms with Crippen LogP contribution >= 0.6 is 35.0 Å². The first-order valence-electron chi connectivity index (χ1n) is 10.6. The molecule has 0 aliphatic rings. The Kier molecular flexibility index (Phi) is 6.36. The molecule has 2 aromatic heterocycles. The number of benzene rings is 3. The molecular formula is C26H20Cl2N4S. The van der Waals surface area contributed by atoms with Gasteiger partial charge in [-0.25, -0.2) is 4.98 Å². The molecule has 2 heterocycles. The third-order valence-electron chi connectivity index (χ3n) is 5.47. The number of para-hydroxylation sites is 1. The van der Waals surface area contributed by atoms with Crippen molar-refractivity contribution in [3.63, 3.8) is 0 Å². The highest BCUT2D eigenvalue weighted by Gasteiger charge is 2.18. The van der Waals surface area contributed by atoms with E-state index in [1.165, 1.54) is 0 Å². The molecule has 7 heteroatoms. The topological polar surface area (TPSA) is 43.6 Å². The van der Waals surface area contributed by atoms with E-state index in [1.807, 2.05) is 54.6 Å². The van der Waals surface area contributed by atoms with Gasteiger partial charge in [-0.05, 0) is 36.8 Å². The van der Waals surface area contributed by atoms with Gasteiger partial charge >= 0.3 is 0 Å². The number of aromatic nitrogens is 4. The summed E-state index contributed by atoms with van der Waals surface area (Å²) in [5.41, 5.74) is 4.81. The molecule has 0 bridgehead atoms. The molecule has 0 saturated heterocycles. The lowest BCUT2D eigenvalue weighted by Crippen LogP contribution is -2.01. The zero-order valence-corrected chi connectivity index (χ0v) is 20.2. The number of nitrogens with zero attached hydrogens (tertiary/aromatic N) is 4. The SMILES string of the molecule is CCn1c(SCc2c(Cl)cccc2Cl)nnc1-c1cc(-c2ccccc2)nc2ccccc12. The molecule has 0 aliphatic heterocycles. The third-order valence-corrected chi connectivity index (χ3v) is 7.17. The molecule has 0 aliphatic carbocycles. The second kappa shape index (κ2) is 9.56. The van der Waals surface area contributed by atoms with Crippen molar-refractivity contribution in [3.05, 3.63) is 94.5 Å². The van der Waals surface area contributed by atoms with E-state index in [0.717, 1.165) is 50.8 Å². The number of pyridine rings is 1. The molecule has 164 valence electrons. The fourth-order valence-electron chi connectivity index (χ4n) is 3.80. The smallest absolute Gasteiger partial charge is 0.191 e. The summed E-state index contributed by atoms with van der Waals surface area (Å²) >= 11 is 14.3. The van der Waals surface area contributed by atoms with Crippen LogP contribution in [0.15, 0.2) is 84.0 Å². The third kappa shape index (κ3) is 4.36. The van der Waals surface area contributed by atoms with Gasteiger partial charge in [-0.1, -0.05) is 89.6 Å². The van der Waals surface area contributed by atoms with Crippen molar-refractivity contribution in [2.45, 2.75) is 24.4 Å². The molecular weight excluding hydrogens is 471 g/mol. The Morgan fingerprint density at radius 2 is 1.58 bits per heavy atom. The van der Waals surface area contributed by atoms with Crippen LogP contribution in [0, 0.1) is 0 Å². The molecule has 0 amide bonds. The maximum atomic E-state index is 6.36. The molecule has 33 heavy (non-hydrogen) atoms. The van der Waals surface area contributed by atoms with Gasteiger partial charge in [0.25, 0.3) is 0 Å². The number of rotatable bonds is 6. The van der Waals surface area contributed by atoms with Gasteiger partial charge in [-0.3, -0.25) is 0 Å². The maximum Gasteiger partial charge on any atom is 0.191 e. The zero-order chi connectivity index (χ0) is 22.8. The number of thioether (sulfide) groups is 1. The Morgan fingerprint density at radius 3 is 2.33 bits per heavy atom. The quantitative estimate of drug-likeness (QED) is 0.228. The summed E-state index contributed by atoms with van der Waals surface area (Å²) in [6.07, 6.45) is 0. The number of fused-ring (bicyclic) bond motifs is 1. The molecule has 0 radical (unpaired) electrons. The number of halogens is 2. The van der Waals surface area contributed by atoms with E-state index < -0.39 is 0 Å². The van der Waals surface area contributed by atoms with E-state index in [4.69, 9.17) is 28.2 Å². The Labute approximate surface area is 206 Å². The van der Waals surface area contributed by atoms with Gasteiger partial charge in [0.2, 0.25) is 0 Å². The Balaban J connectivity index is 1.58. The second-order valence-electron chi connectivity index (χ2n) is 7.48. The summed E-state index contributed by atoms with van der Waals surface area (Å²) in [6, 6.07) is 26.0. The van der Waals surface area contributed by atoms with Gasteiger partial charge < -0.3 is 4.57 Å². The molecule has 0 spiro atoms. The second-order valence-corrected chi connectivity index (χ2v) is 9.23. The fraction of sp³-hybridized carbons (Fsp3) is 0.115. The summed E-state index contributed by atoms with van der Waals surface area (Å²) < 4.78 is 2.13. The summed E-state index contributed by atoms with van der Waals surface area (Å²) in [4.78, 5) is 4.90. The summed E-state index contributed by atoms with van der Waals surface area (Å²) in [7, 11) is 0. The summed E-state index contributed by atoms with van der Waals surface area (Å²) in [6.45, 7) is 2.83. The van der Waals surface area contributed by atoms with Crippen molar-refractivity contribution in [1.82, 2.24) is 19.7 Å². The van der Waals surface area contributed by atoms with Crippen LogP contribution in [-0.2, 0) is 12.3 Å².